The number of amides is 1. The van der Waals surface area contributed by atoms with Gasteiger partial charge in [0, 0.05) is 121 Å². The van der Waals surface area contributed by atoms with E-state index in [2.05, 4.69) is 80.5 Å². The average Bonchev–Trinajstić information content (AvgIpc) is 3.96. The van der Waals surface area contributed by atoms with Gasteiger partial charge in [-0.3, -0.25) is 9.69 Å². The lowest BCUT2D eigenvalue weighted by molar-refractivity contribution is -0.121. The Bertz CT molecular complexity index is 3300. The topological polar surface area (TPSA) is 193 Å². The zero-order valence-corrected chi connectivity index (χ0v) is 40.7. The zero-order chi connectivity index (χ0) is 49.8. The minimum absolute atomic E-state index is 0.0155. The third-order valence-corrected chi connectivity index (χ3v) is 15.4. The summed E-state index contributed by atoms with van der Waals surface area (Å²) in [7, 11) is 0. The number of aromatic amines is 1. The maximum Gasteiger partial charge on any atom is 0.220 e. The third kappa shape index (κ3) is 9.23. The van der Waals surface area contributed by atoms with Crippen LogP contribution in [-0.2, 0) is 40.6 Å². The van der Waals surface area contributed by atoms with Crippen LogP contribution in [0.4, 0.5) is 11.4 Å². The fraction of sp³-hybridized carbons (Fsp3) is 0.429. The van der Waals surface area contributed by atoms with E-state index in [1.165, 1.54) is 15.8 Å². The van der Waals surface area contributed by atoms with E-state index in [0.717, 1.165) is 118 Å². The molecule has 1 aliphatic carbocycles. The molecular weight excluding hydrogens is 895 g/mol. The maximum absolute atomic E-state index is 12.8. The van der Waals surface area contributed by atoms with E-state index in [1.807, 2.05) is 30.1 Å². The first-order valence-electron chi connectivity index (χ1n) is 25.0. The van der Waals surface area contributed by atoms with Crippen LogP contribution in [0.1, 0.15) is 112 Å². The largest absolute Gasteiger partial charge is 0.383 e. The zero-order valence-electron chi connectivity index (χ0n) is 40.7. The molecular formula is C56H59N9O6. The van der Waals surface area contributed by atoms with Crippen LogP contribution in [-0.4, -0.2) is 120 Å². The Morgan fingerprint density at radius 1 is 0.831 bits per heavy atom. The number of hydrogen-bond acceptors (Lipinski definition) is 12. The smallest absolute Gasteiger partial charge is 0.220 e. The van der Waals surface area contributed by atoms with Crippen LogP contribution in [0.3, 0.4) is 0 Å². The van der Waals surface area contributed by atoms with E-state index < -0.39 is 11.5 Å². The molecule has 9 rings (SSSR count). The van der Waals surface area contributed by atoms with Crippen molar-refractivity contribution >= 4 is 74.2 Å². The molecule has 0 spiro atoms. The molecule has 15 heteroatoms. The first kappa shape index (κ1) is 48.5. The summed E-state index contributed by atoms with van der Waals surface area (Å²) in [6, 6.07) is 17.4. The number of aryl methyl sites for hydroxylation is 1. The highest BCUT2D eigenvalue weighted by molar-refractivity contribution is 6.10. The van der Waals surface area contributed by atoms with Crippen molar-refractivity contribution in [3.8, 4) is 6.07 Å². The number of unbranched alkanes of at least 4 members (excludes halogenated alkanes) is 2. The summed E-state index contributed by atoms with van der Waals surface area (Å²) < 4.78 is 1.43. The van der Waals surface area contributed by atoms with Gasteiger partial charge in [0.15, 0.2) is 11.9 Å². The minimum Gasteiger partial charge on any atom is -0.383 e. The number of nitriles is 1. The van der Waals surface area contributed by atoms with E-state index in [4.69, 9.17) is 0 Å². The van der Waals surface area contributed by atoms with Crippen molar-refractivity contribution in [3.63, 3.8) is 0 Å². The number of nitrogens with zero attached hydrogens (tertiary/aromatic N) is 5. The van der Waals surface area contributed by atoms with Gasteiger partial charge < -0.3 is 35.3 Å². The van der Waals surface area contributed by atoms with Crippen molar-refractivity contribution in [1.82, 2.24) is 30.0 Å². The Kier molecular flexibility index (Phi) is 14.3. The molecule has 4 N–H and O–H groups in total. The van der Waals surface area contributed by atoms with Crippen LogP contribution in [0.2, 0.25) is 0 Å². The van der Waals surface area contributed by atoms with Crippen molar-refractivity contribution < 1.29 is 28.8 Å². The van der Waals surface area contributed by atoms with Crippen molar-refractivity contribution in [1.29, 1.82) is 5.26 Å². The molecule has 0 radical (unpaired) electrons. The van der Waals surface area contributed by atoms with Gasteiger partial charge in [0.1, 0.15) is 39.9 Å². The number of piperidine rings is 2. The molecule has 1 atom stereocenters. The number of nitrogens with one attached hydrogen (secondary N) is 4. The van der Waals surface area contributed by atoms with E-state index >= 15 is 0 Å². The second kappa shape index (κ2) is 20.9. The summed E-state index contributed by atoms with van der Waals surface area (Å²) in [5.41, 5.74) is 8.86. The number of carbonyl (C=O) groups excluding carboxylic acids is 6. The normalized spacial score (nSPS) is 18.1. The van der Waals surface area contributed by atoms with Gasteiger partial charge in [-0.2, -0.15) is 5.26 Å². The summed E-state index contributed by atoms with van der Waals surface area (Å²) in [5.74, 6) is 9.75. The molecule has 71 heavy (non-hydrogen) atoms. The monoisotopic (exact) mass is 953 g/mol. The lowest BCUT2D eigenvalue weighted by Gasteiger charge is -2.44. The fourth-order valence-corrected chi connectivity index (χ4v) is 11.6. The van der Waals surface area contributed by atoms with E-state index in [0.29, 0.717) is 53.1 Å². The summed E-state index contributed by atoms with van der Waals surface area (Å²) in [5, 5.41) is 20.5. The quantitative estimate of drug-likeness (QED) is 0.0919. The maximum atomic E-state index is 12.8. The summed E-state index contributed by atoms with van der Waals surface area (Å²) in [6.45, 7) is 14.5. The second-order valence-corrected chi connectivity index (χ2v) is 19.7. The van der Waals surface area contributed by atoms with Gasteiger partial charge in [-0.15, -0.1) is 0 Å². The number of benzene rings is 3. The number of fused-ring (bicyclic) bond motifs is 5. The first-order chi connectivity index (χ1) is 34.6. The highest BCUT2D eigenvalue weighted by Crippen LogP contribution is 2.50. The van der Waals surface area contributed by atoms with Crippen LogP contribution in [0.5, 0.6) is 0 Å². The number of piperazine rings is 1. The standard InChI is InChI=1S/C56H59N9O6/c1-4-37-28-42-43(32-67)53-40-14-12-36(30-57)27-46(40)61-55(53)56(2,3)44(42)29-49(37)64-21-16-39(17-22-64)63-25-23-62(24-26-63)20-7-5-6-11-52(71)59-19-18-58-45-10-8-9-41-50(34-69)65(51(35-70)54(41)45)48-15-13-38(31-66)60-47(48)33-68/h8-10,12,14,27-29,39,48,58,60-61H,4-7,11,13,15-26H2,1-3H3,(H,59,71). The highest BCUT2D eigenvalue weighted by atomic mass is 16.1. The summed E-state index contributed by atoms with van der Waals surface area (Å²) in [4.78, 5) is 84.6. The molecule has 3 saturated heterocycles. The lowest BCUT2D eigenvalue weighted by atomic mass is 9.69. The Hall–Kier alpha value is -7.47. The molecule has 5 aromatic rings. The second-order valence-electron chi connectivity index (χ2n) is 19.7. The van der Waals surface area contributed by atoms with Gasteiger partial charge in [0.2, 0.25) is 5.91 Å². The SMILES string of the molecule is CCc1cc2c(cc1N1CCC(N3CCN(CCCCCC(=O)NCCNc4cccc5c(=C=O)n(C6CCC(=C=O)NC6=C=O)c(=C=O)c45)CC3)CC1)C(C)(C)c1[nH]c3cc(C#N)ccc3c1C2=C=O. The number of aromatic nitrogens is 2. The van der Waals surface area contributed by atoms with Crippen molar-refractivity contribution in [2.24, 2.45) is 0 Å². The molecule has 364 valence electrons. The lowest BCUT2D eigenvalue weighted by Crippen LogP contribution is -2.53. The molecule has 4 aliphatic rings. The van der Waals surface area contributed by atoms with Crippen LogP contribution in [0.25, 0.3) is 27.2 Å². The molecule has 5 heterocycles. The van der Waals surface area contributed by atoms with Gasteiger partial charge in [-0.1, -0.05) is 45.4 Å². The van der Waals surface area contributed by atoms with Gasteiger partial charge >= 0.3 is 0 Å². The molecule has 1 amide bonds. The average molecular weight is 954 g/mol. The van der Waals surface area contributed by atoms with Crippen LogP contribution in [0, 0.1) is 11.3 Å². The van der Waals surface area contributed by atoms with Gasteiger partial charge in [0.25, 0.3) is 0 Å². The number of H-pyrrole nitrogens is 1. The predicted octanol–water partition coefficient (Wildman–Crippen LogP) is 4.20. The number of hydrogen-bond donors (Lipinski definition) is 4. The van der Waals surface area contributed by atoms with Gasteiger partial charge in [0.05, 0.1) is 23.2 Å². The Balaban J connectivity index is 0.708. The van der Waals surface area contributed by atoms with Crippen molar-refractivity contribution in [2.75, 3.05) is 69.1 Å². The van der Waals surface area contributed by atoms with Gasteiger partial charge in [-0.05, 0) is 92.1 Å². The summed E-state index contributed by atoms with van der Waals surface area (Å²) >= 11 is 0. The number of rotatable bonds is 14. The molecule has 2 aromatic heterocycles. The number of carbonyl (C=O) groups is 1. The molecule has 3 fully saturated rings. The van der Waals surface area contributed by atoms with E-state index in [-0.39, 0.29) is 40.8 Å². The first-order valence-corrected chi connectivity index (χ1v) is 25.0. The Morgan fingerprint density at radius 2 is 1.62 bits per heavy atom. The van der Waals surface area contributed by atoms with E-state index in [1.54, 1.807) is 30.1 Å². The molecule has 3 aliphatic heterocycles. The van der Waals surface area contributed by atoms with E-state index in [9.17, 15) is 34.0 Å². The molecule has 0 saturated carbocycles. The molecule has 15 nitrogen and oxygen atoms in total. The third-order valence-electron chi connectivity index (χ3n) is 15.4. The molecule has 1 unspecified atom stereocenters. The number of anilines is 2. The molecule has 0 bridgehead atoms. The van der Waals surface area contributed by atoms with Crippen LogP contribution in [0.15, 0.2) is 59.9 Å². The van der Waals surface area contributed by atoms with Crippen molar-refractivity contribution in [2.45, 2.75) is 96.1 Å². The highest BCUT2D eigenvalue weighted by Gasteiger charge is 2.40. The minimum atomic E-state index is -0.750. The van der Waals surface area contributed by atoms with Gasteiger partial charge in [-0.25, -0.2) is 24.0 Å². The fourth-order valence-electron chi connectivity index (χ4n) is 11.6. The summed E-state index contributed by atoms with van der Waals surface area (Å²) in [6.07, 6.45) is 6.84. The van der Waals surface area contributed by atoms with Crippen molar-refractivity contribution in [3.05, 3.63) is 104 Å². The number of allylic oxidation sites excluding steroid dienone is 2. The predicted molar refractivity (Wildman–Crippen MR) is 273 cm³/mol. The Morgan fingerprint density at radius 3 is 2.32 bits per heavy atom. The van der Waals surface area contributed by atoms with Crippen LogP contribution < -0.4 is 31.5 Å². The van der Waals surface area contributed by atoms with Crippen LogP contribution >= 0.6 is 0 Å². The molecule has 3 aromatic carbocycles. The Labute approximate surface area is 412 Å².